The van der Waals surface area contributed by atoms with Crippen molar-refractivity contribution >= 4 is 87.1 Å². The number of hydrogen-bond donors (Lipinski definition) is 0. The van der Waals surface area contributed by atoms with E-state index < -0.39 is 0 Å². The molecule has 0 fully saturated rings. The van der Waals surface area contributed by atoms with Crippen molar-refractivity contribution < 1.29 is 4.42 Å². The van der Waals surface area contributed by atoms with E-state index in [1.54, 1.807) is 0 Å². The van der Waals surface area contributed by atoms with Gasteiger partial charge in [0.25, 0.3) is 0 Å². The first-order valence-electron chi connectivity index (χ1n) is 21.9. The predicted molar refractivity (Wildman–Crippen MR) is 267 cm³/mol. The van der Waals surface area contributed by atoms with Gasteiger partial charge in [-0.15, -0.1) is 0 Å². The number of hydrogen-bond acceptors (Lipinski definition) is 4. The molecule has 0 aliphatic heterocycles. The monoisotopic (exact) mass is 829 g/mol. The molecule has 65 heavy (non-hydrogen) atoms. The highest BCUT2D eigenvalue weighted by Crippen LogP contribution is 2.44. The van der Waals surface area contributed by atoms with Crippen LogP contribution in [0.4, 0.5) is 0 Å². The maximum Gasteiger partial charge on any atom is 0.166 e. The number of rotatable bonds is 5. The molecule has 0 amide bonds. The first kappa shape index (κ1) is 35.7. The highest BCUT2D eigenvalue weighted by molar-refractivity contribution is 6.17. The Hall–Kier alpha value is -8.87. The van der Waals surface area contributed by atoms with Crippen LogP contribution < -0.4 is 0 Å². The minimum absolute atomic E-state index is 0.550. The SMILES string of the molecule is c1ccc(-n2c3ccccc3c3cc(-c4nc(-c5ccc6ccccc6c5)nc(-c5ccc6c(oc7ccccc76)c5-n5c6ccccc6c6cc7ccccc7cc65)n4)ccc32)cc1. The molecule has 14 aromatic rings. The summed E-state index contributed by atoms with van der Waals surface area (Å²) in [4.78, 5) is 16.2. The van der Waals surface area contributed by atoms with Crippen molar-refractivity contribution in [2.75, 3.05) is 0 Å². The highest BCUT2D eigenvalue weighted by Gasteiger charge is 2.25. The van der Waals surface area contributed by atoms with Gasteiger partial charge in [-0.2, -0.15) is 0 Å². The van der Waals surface area contributed by atoms with E-state index in [9.17, 15) is 0 Å². The molecule has 0 saturated heterocycles. The van der Waals surface area contributed by atoms with Gasteiger partial charge in [0.2, 0.25) is 0 Å². The third kappa shape index (κ3) is 5.44. The van der Waals surface area contributed by atoms with E-state index in [4.69, 9.17) is 19.4 Å². The predicted octanol–water partition coefficient (Wildman–Crippen LogP) is 15.3. The van der Waals surface area contributed by atoms with Crippen LogP contribution in [0.2, 0.25) is 0 Å². The Morgan fingerprint density at radius 3 is 1.65 bits per heavy atom. The maximum absolute atomic E-state index is 6.97. The Morgan fingerprint density at radius 2 is 0.877 bits per heavy atom. The molecule has 4 aromatic heterocycles. The zero-order valence-electron chi connectivity index (χ0n) is 34.9. The lowest BCUT2D eigenvalue weighted by molar-refractivity contribution is 0.666. The molecule has 302 valence electrons. The van der Waals surface area contributed by atoms with Crippen LogP contribution in [-0.4, -0.2) is 24.1 Å². The Bertz CT molecular complexity index is 4250. The lowest BCUT2D eigenvalue weighted by Crippen LogP contribution is -2.04. The van der Waals surface area contributed by atoms with Crippen LogP contribution in [-0.2, 0) is 0 Å². The third-order valence-corrected chi connectivity index (χ3v) is 13.1. The highest BCUT2D eigenvalue weighted by atomic mass is 16.3. The zero-order valence-corrected chi connectivity index (χ0v) is 34.9. The van der Waals surface area contributed by atoms with Crippen molar-refractivity contribution in [1.29, 1.82) is 0 Å². The molecule has 10 aromatic carbocycles. The molecule has 0 spiro atoms. The third-order valence-electron chi connectivity index (χ3n) is 13.1. The van der Waals surface area contributed by atoms with E-state index in [0.29, 0.717) is 17.5 Å². The number of fused-ring (bicyclic) bond motifs is 11. The summed E-state index contributed by atoms with van der Waals surface area (Å²) in [5.41, 5.74) is 10.6. The van der Waals surface area contributed by atoms with Gasteiger partial charge in [-0.3, -0.25) is 0 Å². The van der Waals surface area contributed by atoms with E-state index in [2.05, 4.69) is 209 Å². The fraction of sp³-hybridized carbons (Fsp3) is 0. The largest absolute Gasteiger partial charge is 0.454 e. The van der Waals surface area contributed by atoms with Crippen molar-refractivity contribution in [2.24, 2.45) is 0 Å². The summed E-state index contributed by atoms with van der Waals surface area (Å²) in [5, 5.41) is 11.3. The summed E-state index contributed by atoms with van der Waals surface area (Å²) in [5.74, 6) is 1.72. The summed E-state index contributed by atoms with van der Waals surface area (Å²) < 4.78 is 11.7. The number of para-hydroxylation sites is 4. The molecular formula is C59H35N5O. The maximum atomic E-state index is 6.97. The van der Waals surface area contributed by atoms with Crippen molar-refractivity contribution in [3.05, 3.63) is 212 Å². The summed E-state index contributed by atoms with van der Waals surface area (Å²) >= 11 is 0. The Labute approximate surface area is 371 Å². The van der Waals surface area contributed by atoms with Gasteiger partial charge in [0.05, 0.1) is 22.1 Å². The van der Waals surface area contributed by atoms with Crippen LogP contribution in [0.3, 0.4) is 0 Å². The van der Waals surface area contributed by atoms with Gasteiger partial charge in [-0.1, -0.05) is 133 Å². The summed E-state index contributed by atoms with van der Waals surface area (Å²) in [7, 11) is 0. The molecule has 0 saturated carbocycles. The Morgan fingerprint density at radius 1 is 0.323 bits per heavy atom. The molecule has 14 rings (SSSR count). The quantitative estimate of drug-likeness (QED) is 0.173. The molecule has 6 heteroatoms. The van der Waals surface area contributed by atoms with Crippen LogP contribution in [0.5, 0.6) is 0 Å². The molecule has 0 unspecified atom stereocenters. The van der Waals surface area contributed by atoms with E-state index in [1.807, 2.05) is 12.1 Å². The van der Waals surface area contributed by atoms with E-state index in [0.717, 1.165) is 110 Å². The van der Waals surface area contributed by atoms with Crippen LogP contribution in [0, 0.1) is 0 Å². The molecular weight excluding hydrogens is 795 g/mol. The summed E-state index contributed by atoms with van der Waals surface area (Å²) in [6.45, 7) is 0. The minimum Gasteiger partial charge on any atom is -0.454 e. The van der Waals surface area contributed by atoms with Crippen molar-refractivity contribution in [2.45, 2.75) is 0 Å². The van der Waals surface area contributed by atoms with Crippen LogP contribution in [0.1, 0.15) is 0 Å². The second kappa shape index (κ2) is 13.8. The van der Waals surface area contributed by atoms with Crippen molar-refractivity contribution in [1.82, 2.24) is 24.1 Å². The van der Waals surface area contributed by atoms with Gasteiger partial charge in [0.1, 0.15) is 11.3 Å². The number of benzene rings is 10. The second-order valence-corrected chi connectivity index (χ2v) is 16.8. The van der Waals surface area contributed by atoms with Gasteiger partial charge in [-0.05, 0) is 100 Å². The Kier molecular flexibility index (Phi) is 7.59. The first-order chi connectivity index (χ1) is 32.2. The number of nitrogens with zero attached hydrogens (tertiary/aromatic N) is 5. The smallest absolute Gasteiger partial charge is 0.166 e. The van der Waals surface area contributed by atoms with Crippen molar-refractivity contribution in [3.8, 4) is 45.5 Å². The molecule has 0 aliphatic carbocycles. The molecule has 0 atom stereocenters. The fourth-order valence-electron chi connectivity index (χ4n) is 10.1. The average Bonchev–Trinajstić information content (AvgIpc) is 4.02. The molecule has 0 aliphatic rings. The van der Waals surface area contributed by atoms with Crippen LogP contribution >= 0.6 is 0 Å². The van der Waals surface area contributed by atoms with Gasteiger partial charge >= 0.3 is 0 Å². The number of aromatic nitrogens is 5. The van der Waals surface area contributed by atoms with Crippen LogP contribution in [0.25, 0.3) is 133 Å². The first-order valence-corrected chi connectivity index (χ1v) is 21.9. The van der Waals surface area contributed by atoms with E-state index >= 15 is 0 Å². The molecule has 6 nitrogen and oxygen atoms in total. The standard InChI is InChI=1S/C59H35N5O/c1-2-18-42(19-3-1)63-50-23-11-8-20-43(50)48-34-41(28-31-52(48)63)58-60-57(40-27-26-36-14-4-5-15-37(36)32-40)61-59(62-58)47-30-29-46-45-22-10-13-25-54(45)65-56(46)55(47)64-51-24-12-9-21-44(51)49-33-38-16-6-7-17-39(38)35-53(49)64/h1-35H. The van der Waals surface area contributed by atoms with Gasteiger partial charge in [0.15, 0.2) is 23.1 Å². The molecule has 0 bridgehead atoms. The lowest BCUT2D eigenvalue weighted by Gasteiger charge is -2.15. The van der Waals surface area contributed by atoms with Gasteiger partial charge < -0.3 is 13.6 Å². The molecule has 0 radical (unpaired) electrons. The second-order valence-electron chi connectivity index (χ2n) is 16.8. The average molecular weight is 830 g/mol. The lowest BCUT2D eigenvalue weighted by atomic mass is 10.0. The minimum atomic E-state index is 0.550. The van der Waals surface area contributed by atoms with E-state index in [-0.39, 0.29) is 0 Å². The molecule has 4 heterocycles. The summed E-state index contributed by atoms with van der Waals surface area (Å²) in [6.07, 6.45) is 0. The van der Waals surface area contributed by atoms with Gasteiger partial charge in [-0.25, -0.2) is 15.0 Å². The van der Waals surface area contributed by atoms with E-state index in [1.165, 1.54) is 5.39 Å². The van der Waals surface area contributed by atoms with Crippen LogP contribution in [0.15, 0.2) is 217 Å². The van der Waals surface area contributed by atoms with Crippen molar-refractivity contribution in [3.63, 3.8) is 0 Å². The summed E-state index contributed by atoms with van der Waals surface area (Å²) in [6, 6.07) is 75.0. The zero-order chi connectivity index (χ0) is 42.6. The van der Waals surface area contributed by atoms with Gasteiger partial charge in [0, 0.05) is 54.7 Å². The fourth-order valence-corrected chi connectivity index (χ4v) is 10.1. The normalized spacial score (nSPS) is 12.0. The number of furan rings is 1. The molecule has 0 N–H and O–H groups in total. The Balaban J connectivity index is 1.08. The topological polar surface area (TPSA) is 61.7 Å².